The van der Waals surface area contributed by atoms with Crippen molar-refractivity contribution in [3.8, 4) is 0 Å². The fourth-order valence-corrected chi connectivity index (χ4v) is 6.51. The van der Waals surface area contributed by atoms with Crippen LogP contribution in [0.3, 0.4) is 0 Å². The molecule has 0 aromatic heterocycles. The summed E-state index contributed by atoms with van der Waals surface area (Å²) < 4.78 is 41.4. The molecule has 3 aliphatic rings. The summed E-state index contributed by atoms with van der Waals surface area (Å²) in [5.41, 5.74) is -1.13. The lowest BCUT2D eigenvalue weighted by Crippen LogP contribution is -2.53. The summed E-state index contributed by atoms with van der Waals surface area (Å²) in [6.45, 7) is 9.79. The summed E-state index contributed by atoms with van der Waals surface area (Å²) in [6.07, 6.45) is -1.02. The first-order valence-electron chi connectivity index (χ1n) is 7.86. The Hall–Kier alpha value is -0.660. The van der Waals surface area contributed by atoms with Gasteiger partial charge in [-0.25, -0.2) is 0 Å². The van der Waals surface area contributed by atoms with E-state index in [1.165, 1.54) is 0 Å². The predicted octanol–water partition coefficient (Wildman–Crippen LogP) is 1.34. The van der Waals surface area contributed by atoms with E-state index in [1.54, 1.807) is 6.92 Å². The van der Waals surface area contributed by atoms with Gasteiger partial charge in [0.2, 0.25) is 0 Å². The molecular weight excluding hydrogens is 308 g/mol. The van der Waals surface area contributed by atoms with Crippen molar-refractivity contribution < 1.29 is 26.9 Å². The maximum Gasteiger partial charge on any atom is 0.314 e. The fraction of sp³-hybridized carbons (Fsp3) is 0.933. The first-order chi connectivity index (χ1) is 10.1. The van der Waals surface area contributed by atoms with Crippen LogP contribution in [0, 0.1) is 23.7 Å². The topological polar surface area (TPSA) is 78.9 Å². The molecule has 0 amide bonds. The van der Waals surface area contributed by atoms with Gasteiger partial charge in [0.25, 0.3) is 10.1 Å². The van der Waals surface area contributed by atoms with Gasteiger partial charge in [-0.3, -0.25) is 8.98 Å². The first-order valence-corrected chi connectivity index (χ1v) is 9.33. The Labute approximate surface area is 131 Å². The molecule has 0 radical (unpaired) electrons. The first kappa shape index (κ1) is 16.2. The number of fused-ring (bicyclic) bond motifs is 1. The molecule has 7 heteroatoms. The second kappa shape index (κ2) is 4.92. The van der Waals surface area contributed by atoms with Crippen LogP contribution < -0.4 is 0 Å². The summed E-state index contributed by atoms with van der Waals surface area (Å²) >= 11 is 0. The number of ether oxygens (including phenoxy) is 2. The van der Waals surface area contributed by atoms with Crippen LogP contribution in [0.5, 0.6) is 0 Å². The molecule has 3 aliphatic heterocycles. The fourth-order valence-electron chi connectivity index (χ4n) is 4.21. The Kier molecular flexibility index (Phi) is 3.62. The number of carbonyl (C=O) groups excluding carboxylic acids is 1. The van der Waals surface area contributed by atoms with Crippen molar-refractivity contribution in [3.63, 3.8) is 0 Å². The van der Waals surface area contributed by atoms with Crippen molar-refractivity contribution in [3.05, 3.63) is 0 Å². The van der Waals surface area contributed by atoms with Crippen LogP contribution >= 0.6 is 0 Å². The minimum absolute atomic E-state index is 0.0847. The lowest BCUT2D eigenvalue weighted by molar-refractivity contribution is -0.157. The summed E-state index contributed by atoms with van der Waals surface area (Å²) in [4.78, 5) is 12.5. The minimum atomic E-state index is -3.71. The zero-order chi connectivity index (χ0) is 16.4. The van der Waals surface area contributed by atoms with Gasteiger partial charge in [0, 0.05) is 5.92 Å². The van der Waals surface area contributed by atoms with Crippen molar-refractivity contribution in [1.82, 2.24) is 0 Å². The lowest BCUT2D eigenvalue weighted by Gasteiger charge is -2.34. The maximum atomic E-state index is 12.5. The van der Waals surface area contributed by atoms with Crippen molar-refractivity contribution >= 4 is 16.1 Å². The summed E-state index contributed by atoms with van der Waals surface area (Å²) in [5, 5.41) is -0.670. The van der Waals surface area contributed by atoms with Crippen LogP contribution in [0.4, 0.5) is 0 Å². The van der Waals surface area contributed by atoms with Crippen LogP contribution in [-0.2, 0) is 28.6 Å². The largest absolute Gasteiger partial charge is 0.465 e. The molecule has 0 aromatic rings. The van der Waals surface area contributed by atoms with E-state index in [0.29, 0.717) is 6.61 Å². The Morgan fingerprint density at radius 2 is 1.91 bits per heavy atom. The zero-order valence-corrected chi connectivity index (χ0v) is 14.4. The second-order valence-corrected chi connectivity index (χ2v) is 9.27. The van der Waals surface area contributed by atoms with Crippen LogP contribution in [-0.4, -0.2) is 44.1 Å². The molecule has 6 unspecified atom stereocenters. The van der Waals surface area contributed by atoms with Crippen molar-refractivity contribution in [2.24, 2.45) is 23.7 Å². The highest BCUT2D eigenvalue weighted by atomic mass is 32.2. The van der Waals surface area contributed by atoms with E-state index in [4.69, 9.17) is 13.7 Å². The predicted molar refractivity (Wildman–Crippen MR) is 78.5 cm³/mol. The molecule has 0 spiro atoms. The van der Waals surface area contributed by atoms with E-state index >= 15 is 0 Å². The van der Waals surface area contributed by atoms with Gasteiger partial charge >= 0.3 is 5.97 Å². The Morgan fingerprint density at radius 1 is 1.27 bits per heavy atom. The lowest BCUT2D eigenvalue weighted by atomic mass is 9.68. The Balaban J connectivity index is 1.95. The molecule has 0 aliphatic carbocycles. The quantitative estimate of drug-likeness (QED) is 0.571. The standard InChI is InChI=1S/C15H24O6S/c1-7(2)6-19-14(16)10-11-9(8(3)4)12-13(20-11)15(10,5)21-22(12,17)18/h7-13H,6H2,1-5H3. The third-order valence-corrected chi connectivity index (χ3v) is 6.90. The molecule has 3 heterocycles. The van der Waals surface area contributed by atoms with E-state index in [-0.39, 0.29) is 17.8 Å². The van der Waals surface area contributed by atoms with Gasteiger partial charge in [-0.1, -0.05) is 27.7 Å². The summed E-state index contributed by atoms with van der Waals surface area (Å²) in [6, 6.07) is 0. The van der Waals surface area contributed by atoms with E-state index in [0.717, 1.165) is 0 Å². The molecule has 3 fully saturated rings. The van der Waals surface area contributed by atoms with Crippen molar-refractivity contribution in [1.29, 1.82) is 0 Å². The monoisotopic (exact) mass is 332 g/mol. The van der Waals surface area contributed by atoms with E-state index in [2.05, 4.69) is 0 Å². The Bertz CT molecular complexity index is 583. The highest BCUT2D eigenvalue weighted by Gasteiger charge is 2.78. The molecule has 6 atom stereocenters. The van der Waals surface area contributed by atoms with Gasteiger partial charge in [0.1, 0.15) is 22.9 Å². The molecule has 3 saturated heterocycles. The van der Waals surface area contributed by atoms with E-state index in [1.807, 2.05) is 27.7 Å². The zero-order valence-electron chi connectivity index (χ0n) is 13.6. The Morgan fingerprint density at radius 3 is 2.45 bits per heavy atom. The molecule has 126 valence electrons. The number of carbonyl (C=O) groups is 1. The molecule has 6 nitrogen and oxygen atoms in total. The van der Waals surface area contributed by atoms with Crippen LogP contribution in [0.25, 0.3) is 0 Å². The number of rotatable bonds is 4. The average molecular weight is 332 g/mol. The van der Waals surface area contributed by atoms with Gasteiger partial charge in [-0.15, -0.1) is 0 Å². The average Bonchev–Trinajstić information content (AvgIpc) is 2.91. The van der Waals surface area contributed by atoms with E-state index in [9.17, 15) is 13.2 Å². The molecular formula is C15H24O6S. The van der Waals surface area contributed by atoms with E-state index < -0.39 is 45.1 Å². The third-order valence-electron chi connectivity index (χ3n) is 5.08. The molecule has 3 rings (SSSR count). The van der Waals surface area contributed by atoms with Gasteiger partial charge in [0.15, 0.2) is 0 Å². The molecule has 22 heavy (non-hydrogen) atoms. The molecule has 2 bridgehead atoms. The summed E-state index contributed by atoms with van der Waals surface area (Å²) in [5.74, 6) is -1.02. The normalized spacial score (nSPS) is 45.0. The SMILES string of the molecule is CC(C)COC(=O)C1C2OC3C(C2C(C)C)S(=O)(=O)OC31C. The van der Waals surface area contributed by atoms with Gasteiger partial charge < -0.3 is 9.47 Å². The van der Waals surface area contributed by atoms with Gasteiger partial charge in [-0.05, 0) is 18.8 Å². The van der Waals surface area contributed by atoms with Crippen LogP contribution in [0.1, 0.15) is 34.6 Å². The molecule has 0 aromatic carbocycles. The van der Waals surface area contributed by atoms with Crippen molar-refractivity contribution in [2.45, 2.75) is 57.7 Å². The number of hydrogen-bond acceptors (Lipinski definition) is 6. The van der Waals surface area contributed by atoms with Gasteiger partial charge in [-0.2, -0.15) is 8.42 Å². The number of esters is 1. The summed E-state index contributed by atoms with van der Waals surface area (Å²) in [7, 11) is -3.71. The highest BCUT2D eigenvalue weighted by molar-refractivity contribution is 7.87. The van der Waals surface area contributed by atoms with Crippen LogP contribution in [0.2, 0.25) is 0 Å². The molecule has 0 N–H and O–H groups in total. The minimum Gasteiger partial charge on any atom is -0.465 e. The van der Waals surface area contributed by atoms with Gasteiger partial charge in [0.05, 0.1) is 12.7 Å². The van der Waals surface area contributed by atoms with Crippen molar-refractivity contribution in [2.75, 3.05) is 6.61 Å². The highest BCUT2D eigenvalue weighted by Crippen LogP contribution is 2.60. The third kappa shape index (κ3) is 2.05. The maximum absolute atomic E-state index is 12.5. The number of hydrogen-bond donors (Lipinski definition) is 0. The second-order valence-electron chi connectivity index (χ2n) is 7.57. The smallest absolute Gasteiger partial charge is 0.314 e. The van der Waals surface area contributed by atoms with Crippen LogP contribution in [0.15, 0.2) is 0 Å². The molecule has 0 saturated carbocycles.